The molecule has 1 N–H and O–H groups in total. The van der Waals surface area contributed by atoms with Crippen molar-refractivity contribution in [1.82, 2.24) is 4.98 Å². The number of nitrogens with zero attached hydrogens (tertiary/aromatic N) is 2. The van der Waals surface area contributed by atoms with Crippen molar-refractivity contribution in [3.63, 3.8) is 0 Å². The van der Waals surface area contributed by atoms with E-state index in [0.29, 0.717) is 0 Å². The van der Waals surface area contributed by atoms with E-state index in [1.165, 1.54) is 6.07 Å². The molecule has 1 aliphatic carbocycles. The van der Waals surface area contributed by atoms with E-state index < -0.39 is 4.92 Å². The fourth-order valence-corrected chi connectivity index (χ4v) is 2.87. The van der Waals surface area contributed by atoms with Crippen LogP contribution in [0.5, 0.6) is 0 Å². The number of nitro groups is 1. The molecule has 2 unspecified atom stereocenters. The molecule has 0 amide bonds. The smallest absolute Gasteiger partial charge is 0.270 e. The molecule has 6 heteroatoms. The van der Waals surface area contributed by atoms with Crippen LogP contribution in [0.3, 0.4) is 0 Å². The number of nitro benzene ring substituents is 1. The molecule has 1 heterocycles. The molecular weight excluding hydrogens is 270 g/mol. The molecule has 1 aromatic heterocycles. The topological polar surface area (TPSA) is 77.3 Å². The van der Waals surface area contributed by atoms with Gasteiger partial charge in [0.15, 0.2) is 0 Å². The molecule has 110 valence electrons. The quantitative estimate of drug-likeness (QED) is 0.690. The molecule has 3 rings (SSSR count). The number of nitrogens with one attached hydrogen (secondary N) is 1. The van der Waals surface area contributed by atoms with Crippen molar-refractivity contribution in [2.45, 2.75) is 31.4 Å². The normalized spacial score (nSPS) is 21.6. The third-order valence-electron chi connectivity index (χ3n) is 3.97. The van der Waals surface area contributed by atoms with E-state index >= 15 is 0 Å². The van der Waals surface area contributed by atoms with E-state index in [9.17, 15) is 10.1 Å². The van der Waals surface area contributed by atoms with Gasteiger partial charge in [-0.3, -0.25) is 10.1 Å². The van der Waals surface area contributed by atoms with Gasteiger partial charge in [-0.15, -0.1) is 0 Å². The van der Waals surface area contributed by atoms with Gasteiger partial charge in [0.1, 0.15) is 5.82 Å². The fourth-order valence-electron chi connectivity index (χ4n) is 2.87. The van der Waals surface area contributed by atoms with Gasteiger partial charge in [0.25, 0.3) is 5.69 Å². The minimum Gasteiger partial charge on any atom is -0.379 e. The Morgan fingerprint density at radius 3 is 2.95 bits per heavy atom. The monoisotopic (exact) mass is 287 g/mol. The van der Waals surface area contributed by atoms with Crippen molar-refractivity contribution in [3.8, 4) is 0 Å². The summed E-state index contributed by atoms with van der Waals surface area (Å²) in [4.78, 5) is 14.9. The van der Waals surface area contributed by atoms with Crippen molar-refractivity contribution in [1.29, 1.82) is 0 Å². The second-order valence-corrected chi connectivity index (χ2v) is 5.29. The van der Waals surface area contributed by atoms with Gasteiger partial charge in [-0.2, -0.15) is 0 Å². The predicted octanol–water partition coefficient (Wildman–Crippen LogP) is 3.12. The lowest BCUT2D eigenvalue weighted by Gasteiger charge is -2.20. The van der Waals surface area contributed by atoms with Crippen LogP contribution in [0.1, 0.15) is 19.3 Å². The maximum atomic E-state index is 10.8. The SMILES string of the molecule is COC1CCCC1Nc1ccc2cc([N+](=O)[O-])ccc2n1. The molecule has 0 bridgehead atoms. The van der Waals surface area contributed by atoms with Gasteiger partial charge in [0.2, 0.25) is 0 Å². The summed E-state index contributed by atoms with van der Waals surface area (Å²) in [7, 11) is 1.73. The maximum absolute atomic E-state index is 10.8. The first kappa shape index (κ1) is 13.8. The second-order valence-electron chi connectivity index (χ2n) is 5.29. The minimum atomic E-state index is -0.396. The Kier molecular flexibility index (Phi) is 3.70. The van der Waals surface area contributed by atoms with E-state index in [1.807, 2.05) is 12.1 Å². The van der Waals surface area contributed by atoms with E-state index in [1.54, 1.807) is 19.2 Å². The Balaban J connectivity index is 1.84. The lowest BCUT2D eigenvalue weighted by atomic mass is 10.2. The molecule has 0 spiro atoms. The van der Waals surface area contributed by atoms with Gasteiger partial charge in [-0.05, 0) is 37.5 Å². The highest BCUT2D eigenvalue weighted by molar-refractivity contribution is 5.82. The number of ether oxygens (including phenoxy) is 1. The molecule has 2 atom stereocenters. The van der Waals surface area contributed by atoms with Crippen LogP contribution in [-0.4, -0.2) is 29.2 Å². The number of anilines is 1. The summed E-state index contributed by atoms with van der Waals surface area (Å²) in [6.07, 6.45) is 3.50. The number of fused-ring (bicyclic) bond motifs is 1. The third kappa shape index (κ3) is 2.80. The first-order chi connectivity index (χ1) is 10.2. The van der Waals surface area contributed by atoms with Gasteiger partial charge >= 0.3 is 0 Å². The molecule has 1 saturated carbocycles. The second kappa shape index (κ2) is 5.65. The zero-order valence-corrected chi connectivity index (χ0v) is 11.8. The zero-order chi connectivity index (χ0) is 14.8. The highest BCUT2D eigenvalue weighted by Gasteiger charge is 2.27. The van der Waals surface area contributed by atoms with Gasteiger partial charge in [0, 0.05) is 24.6 Å². The van der Waals surface area contributed by atoms with Crippen LogP contribution >= 0.6 is 0 Å². The van der Waals surface area contributed by atoms with Crippen LogP contribution in [0.2, 0.25) is 0 Å². The Labute approximate surface area is 122 Å². The molecular formula is C15H17N3O3. The summed E-state index contributed by atoms with van der Waals surface area (Å²) in [6, 6.07) is 8.69. The van der Waals surface area contributed by atoms with Crippen molar-refractivity contribution in [3.05, 3.63) is 40.4 Å². The van der Waals surface area contributed by atoms with Crippen LogP contribution in [0.15, 0.2) is 30.3 Å². The predicted molar refractivity (Wildman–Crippen MR) is 80.5 cm³/mol. The molecule has 0 saturated heterocycles. The highest BCUT2D eigenvalue weighted by atomic mass is 16.6. The van der Waals surface area contributed by atoms with Gasteiger partial charge < -0.3 is 10.1 Å². The number of pyridine rings is 1. The van der Waals surface area contributed by atoms with Gasteiger partial charge in [0.05, 0.1) is 22.6 Å². The summed E-state index contributed by atoms with van der Waals surface area (Å²) in [6.45, 7) is 0. The first-order valence-corrected chi connectivity index (χ1v) is 7.02. The zero-order valence-electron chi connectivity index (χ0n) is 11.8. The molecule has 1 aliphatic rings. The van der Waals surface area contributed by atoms with E-state index in [-0.39, 0.29) is 17.8 Å². The lowest BCUT2D eigenvalue weighted by Crippen LogP contribution is -2.30. The minimum absolute atomic E-state index is 0.0836. The van der Waals surface area contributed by atoms with Crippen LogP contribution in [0.25, 0.3) is 10.9 Å². The lowest BCUT2D eigenvalue weighted by molar-refractivity contribution is -0.384. The fraction of sp³-hybridized carbons (Fsp3) is 0.400. The van der Waals surface area contributed by atoms with Gasteiger partial charge in [-0.25, -0.2) is 4.98 Å². The number of hydrogen-bond donors (Lipinski definition) is 1. The molecule has 2 aromatic rings. The van der Waals surface area contributed by atoms with Crippen LogP contribution in [0.4, 0.5) is 11.5 Å². The van der Waals surface area contributed by atoms with E-state index in [2.05, 4.69) is 10.3 Å². The van der Waals surface area contributed by atoms with Crippen molar-refractivity contribution in [2.24, 2.45) is 0 Å². The molecule has 6 nitrogen and oxygen atoms in total. The Hall–Kier alpha value is -2.21. The average molecular weight is 287 g/mol. The maximum Gasteiger partial charge on any atom is 0.270 e. The van der Waals surface area contributed by atoms with Crippen LogP contribution in [-0.2, 0) is 4.74 Å². The number of rotatable bonds is 4. The number of hydrogen-bond acceptors (Lipinski definition) is 5. The molecule has 0 aliphatic heterocycles. The third-order valence-corrected chi connectivity index (χ3v) is 3.97. The molecule has 1 fully saturated rings. The van der Waals surface area contributed by atoms with E-state index in [0.717, 1.165) is 36.0 Å². The molecule has 0 radical (unpaired) electrons. The van der Waals surface area contributed by atoms with Crippen LogP contribution in [0, 0.1) is 10.1 Å². The number of methoxy groups -OCH3 is 1. The number of non-ortho nitro benzene ring substituents is 1. The highest BCUT2D eigenvalue weighted by Crippen LogP contribution is 2.26. The summed E-state index contributed by atoms with van der Waals surface area (Å²) in [5, 5.41) is 14.9. The van der Waals surface area contributed by atoms with Crippen molar-refractivity contribution < 1.29 is 9.66 Å². The molecule has 21 heavy (non-hydrogen) atoms. The summed E-state index contributed by atoms with van der Waals surface area (Å²) in [5.41, 5.74) is 0.831. The standard InChI is InChI=1S/C15H17N3O3/c1-21-14-4-2-3-13(14)17-15-8-5-10-9-11(18(19)20)6-7-12(10)16-15/h5-9,13-14H,2-4H2,1H3,(H,16,17). The summed E-state index contributed by atoms with van der Waals surface area (Å²) in [5.74, 6) is 0.783. The largest absolute Gasteiger partial charge is 0.379 e. The molecule has 1 aromatic carbocycles. The Bertz CT molecular complexity index is 674. The first-order valence-electron chi connectivity index (χ1n) is 7.02. The van der Waals surface area contributed by atoms with Crippen molar-refractivity contribution >= 4 is 22.4 Å². The average Bonchev–Trinajstić information content (AvgIpc) is 2.93. The summed E-state index contributed by atoms with van der Waals surface area (Å²) < 4.78 is 5.46. The number of aromatic nitrogens is 1. The van der Waals surface area contributed by atoms with E-state index in [4.69, 9.17) is 4.74 Å². The van der Waals surface area contributed by atoms with Crippen molar-refractivity contribution in [2.75, 3.05) is 12.4 Å². The van der Waals surface area contributed by atoms with Crippen LogP contribution < -0.4 is 5.32 Å². The number of benzene rings is 1. The summed E-state index contributed by atoms with van der Waals surface area (Å²) >= 11 is 0. The van der Waals surface area contributed by atoms with Gasteiger partial charge in [-0.1, -0.05) is 0 Å². The Morgan fingerprint density at radius 1 is 1.33 bits per heavy atom. The Morgan fingerprint density at radius 2 is 2.19 bits per heavy atom.